The number of carbonyl (C=O) groups excluding carboxylic acids is 2. The van der Waals surface area contributed by atoms with Crippen molar-refractivity contribution in [2.24, 2.45) is 0 Å². The number of benzene rings is 1. The highest BCUT2D eigenvalue weighted by atomic mass is 79.9. The van der Waals surface area contributed by atoms with Crippen molar-refractivity contribution in [2.45, 2.75) is 13.3 Å². The van der Waals surface area contributed by atoms with Crippen molar-refractivity contribution in [1.29, 1.82) is 0 Å². The fourth-order valence-corrected chi connectivity index (χ4v) is 1.62. The van der Waals surface area contributed by atoms with Crippen LogP contribution in [0.4, 0.5) is 0 Å². The standard InChI is InChI=1S/C13H13BrO4/c1-3-11(7-13(16)17-2)18-12-5-4-10(14)6-9(12)8-15/h4-8H,3H2,1-2H3/b11-7-. The zero-order chi connectivity index (χ0) is 13.5. The van der Waals surface area contributed by atoms with Gasteiger partial charge < -0.3 is 9.47 Å². The van der Waals surface area contributed by atoms with Gasteiger partial charge in [0.25, 0.3) is 0 Å². The Morgan fingerprint density at radius 1 is 1.44 bits per heavy atom. The lowest BCUT2D eigenvalue weighted by Gasteiger charge is -2.10. The third-order valence-electron chi connectivity index (χ3n) is 2.17. The molecule has 0 amide bonds. The number of ether oxygens (including phenoxy) is 2. The number of halogens is 1. The molecule has 0 saturated heterocycles. The van der Waals surface area contributed by atoms with Gasteiger partial charge in [-0.15, -0.1) is 0 Å². The average Bonchev–Trinajstić information content (AvgIpc) is 2.39. The number of esters is 1. The third kappa shape index (κ3) is 4.00. The van der Waals surface area contributed by atoms with Crippen molar-refractivity contribution < 1.29 is 19.1 Å². The van der Waals surface area contributed by atoms with Crippen LogP contribution in [0, 0.1) is 0 Å². The molecule has 0 aliphatic rings. The minimum atomic E-state index is -0.489. The minimum absolute atomic E-state index is 0.408. The van der Waals surface area contributed by atoms with Crippen LogP contribution >= 0.6 is 15.9 Å². The van der Waals surface area contributed by atoms with E-state index in [1.807, 2.05) is 6.92 Å². The van der Waals surface area contributed by atoms with Gasteiger partial charge in [-0.1, -0.05) is 22.9 Å². The number of hydrogen-bond donors (Lipinski definition) is 0. The van der Waals surface area contributed by atoms with Gasteiger partial charge in [0.1, 0.15) is 11.5 Å². The highest BCUT2D eigenvalue weighted by Crippen LogP contribution is 2.24. The van der Waals surface area contributed by atoms with Crippen molar-refractivity contribution in [1.82, 2.24) is 0 Å². The topological polar surface area (TPSA) is 52.6 Å². The van der Waals surface area contributed by atoms with Crippen LogP contribution in [-0.2, 0) is 9.53 Å². The van der Waals surface area contributed by atoms with Crippen molar-refractivity contribution in [3.05, 3.63) is 40.1 Å². The lowest BCUT2D eigenvalue weighted by Crippen LogP contribution is -2.03. The summed E-state index contributed by atoms with van der Waals surface area (Å²) in [5.41, 5.74) is 0.411. The molecule has 0 aliphatic heterocycles. The molecule has 0 aromatic heterocycles. The summed E-state index contributed by atoms with van der Waals surface area (Å²) in [6, 6.07) is 5.07. The van der Waals surface area contributed by atoms with Crippen molar-refractivity contribution in [2.75, 3.05) is 7.11 Å². The largest absolute Gasteiger partial charge is 0.466 e. The maximum absolute atomic E-state index is 11.1. The zero-order valence-electron chi connectivity index (χ0n) is 10.1. The van der Waals surface area contributed by atoms with Gasteiger partial charge in [0.2, 0.25) is 0 Å². The third-order valence-corrected chi connectivity index (χ3v) is 2.66. The van der Waals surface area contributed by atoms with Crippen molar-refractivity contribution >= 4 is 28.2 Å². The molecule has 4 nitrogen and oxygen atoms in total. The lowest BCUT2D eigenvalue weighted by atomic mass is 10.2. The van der Waals surface area contributed by atoms with E-state index >= 15 is 0 Å². The Hall–Kier alpha value is -1.62. The quantitative estimate of drug-likeness (QED) is 0.363. The summed E-state index contributed by atoms with van der Waals surface area (Å²) in [4.78, 5) is 22.0. The molecule has 0 atom stereocenters. The van der Waals surface area contributed by atoms with E-state index in [4.69, 9.17) is 4.74 Å². The summed E-state index contributed by atoms with van der Waals surface area (Å²) in [6.45, 7) is 1.84. The van der Waals surface area contributed by atoms with Gasteiger partial charge >= 0.3 is 5.97 Å². The first kappa shape index (κ1) is 14.4. The van der Waals surface area contributed by atoms with Crippen LogP contribution in [0.1, 0.15) is 23.7 Å². The van der Waals surface area contributed by atoms with Crippen molar-refractivity contribution in [3.63, 3.8) is 0 Å². The van der Waals surface area contributed by atoms with Gasteiger partial charge in [-0.3, -0.25) is 4.79 Å². The van der Waals surface area contributed by atoms with Gasteiger partial charge in [0.05, 0.1) is 18.7 Å². The average molecular weight is 313 g/mol. The molecule has 1 aromatic rings. The van der Waals surface area contributed by atoms with Crippen LogP contribution in [0.2, 0.25) is 0 Å². The van der Waals surface area contributed by atoms with E-state index in [2.05, 4.69) is 20.7 Å². The second kappa shape index (κ2) is 6.96. The van der Waals surface area contributed by atoms with E-state index in [0.717, 1.165) is 4.47 Å². The number of hydrogen-bond acceptors (Lipinski definition) is 4. The predicted molar refractivity (Wildman–Crippen MR) is 70.5 cm³/mol. The first-order valence-electron chi connectivity index (χ1n) is 5.31. The highest BCUT2D eigenvalue weighted by molar-refractivity contribution is 9.10. The van der Waals surface area contributed by atoms with Gasteiger partial charge in [-0.25, -0.2) is 4.79 Å². The van der Waals surface area contributed by atoms with E-state index in [0.29, 0.717) is 29.8 Å². The monoisotopic (exact) mass is 312 g/mol. The molecule has 0 bridgehead atoms. The maximum Gasteiger partial charge on any atom is 0.333 e. The van der Waals surface area contributed by atoms with Crippen LogP contribution in [0.25, 0.3) is 0 Å². The summed E-state index contributed by atoms with van der Waals surface area (Å²) in [7, 11) is 1.29. The second-order valence-electron chi connectivity index (χ2n) is 3.39. The molecule has 5 heteroatoms. The number of allylic oxidation sites excluding steroid dienone is 1. The SMILES string of the molecule is CC/C(=C/C(=O)OC)Oc1ccc(Br)cc1C=O. The molecule has 0 heterocycles. The van der Waals surface area contributed by atoms with Gasteiger partial charge in [-0.2, -0.15) is 0 Å². The number of carbonyl (C=O) groups is 2. The number of aldehydes is 1. The van der Waals surface area contributed by atoms with Crippen LogP contribution in [-0.4, -0.2) is 19.4 Å². The summed E-state index contributed by atoms with van der Waals surface area (Å²) < 4.78 is 10.8. The maximum atomic E-state index is 11.1. The lowest BCUT2D eigenvalue weighted by molar-refractivity contribution is -0.135. The van der Waals surface area contributed by atoms with E-state index < -0.39 is 5.97 Å². The fourth-order valence-electron chi connectivity index (χ4n) is 1.24. The van der Waals surface area contributed by atoms with Gasteiger partial charge in [0.15, 0.2) is 6.29 Å². The Bertz CT molecular complexity index is 480. The van der Waals surface area contributed by atoms with Crippen LogP contribution in [0.5, 0.6) is 5.75 Å². The first-order chi connectivity index (χ1) is 8.60. The molecule has 0 saturated carbocycles. The summed E-state index contributed by atoms with van der Waals surface area (Å²) >= 11 is 3.27. The van der Waals surface area contributed by atoms with E-state index in [-0.39, 0.29) is 0 Å². The Labute approximate surface area is 114 Å². The first-order valence-corrected chi connectivity index (χ1v) is 6.11. The molecule has 0 aliphatic carbocycles. The Kier molecular flexibility index (Phi) is 5.58. The predicted octanol–water partition coefficient (Wildman–Crippen LogP) is 3.11. The van der Waals surface area contributed by atoms with E-state index in [9.17, 15) is 9.59 Å². The molecule has 1 rings (SSSR count). The molecular weight excluding hydrogens is 300 g/mol. The molecule has 0 N–H and O–H groups in total. The van der Waals surface area contributed by atoms with Crippen LogP contribution in [0.15, 0.2) is 34.5 Å². The molecule has 0 fully saturated rings. The Morgan fingerprint density at radius 2 is 2.17 bits per heavy atom. The van der Waals surface area contributed by atoms with Crippen molar-refractivity contribution in [3.8, 4) is 5.75 Å². The highest BCUT2D eigenvalue weighted by Gasteiger charge is 2.07. The van der Waals surface area contributed by atoms with Crippen LogP contribution < -0.4 is 4.74 Å². The molecule has 96 valence electrons. The minimum Gasteiger partial charge on any atom is -0.466 e. The Balaban J connectivity index is 2.98. The normalized spacial score (nSPS) is 10.9. The fraction of sp³-hybridized carbons (Fsp3) is 0.231. The van der Waals surface area contributed by atoms with E-state index in [1.165, 1.54) is 13.2 Å². The smallest absolute Gasteiger partial charge is 0.333 e. The molecule has 18 heavy (non-hydrogen) atoms. The molecule has 0 spiro atoms. The van der Waals surface area contributed by atoms with Crippen LogP contribution in [0.3, 0.4) is 0 Å². The molecule has 0 unspecified atom stereocenters. The zero-order valence-corrected chi connectivity index (χ0v) is 11.7. The molecular formula is C13H13BrO4. The molecule has 1 aromatic carbocycles. The molecule has 0 radical (unpaired) electrons. The summed E-state index contributed by atoms with van der Waals surface area (Å²) in [5.74, 6) is 0.356. The van der Waals surface area contributed by atoms with Gasteiger partial charge in [0, 0.05) is 10.9 Å². The van der Waals surface area contributed by atoms with Gasteiger partial charge in [-0.05, 0) is 18.2 Å². The number of methoxy groups -OCH3 is 1. The number of rotatable bonds is 5. The summed E-state index contributed by atoms with van der Waals surface area (Å²) in [6.07, 6.45) is 2.48. The second-order valence-corrected chi connectivity index (χ2v) is 4.31. The Morgan fingerprint density at radius 3 is 2.72 bits per heavy atom. The summed E-state index contributed by atoms with van der Waals surface area (Å²) in [5, 5.41) is 0. The van der Waals surface area contributed by atoms with E-state index in [1.54, 1.807) is 18.2 Å².